The number of nitrogens with zero attached hydrogens (tertiary/aromatic N) is 3. The monoisotopic (exact) mass is 368 g/mol. The van der Waals surface area contributed by atoms with Gasteiger partial charge in [0, 0.05) is 31.7 Å². The first-order valence-electron chi connectivity index (χ1n) is 9.86. The van der Waals surface area contributed by atoms with Crippen molar-refractivity contribution in [3.8, 4) is 0 Å². The van der Waals surface area contributed by atoms with E-state index in [0.717, 1.165) is 31.9 Å². The van der Waals surface area contributed by atoms with E-state index in [1.165, 1.54) is 5.56 Å². The molecule has 0 aliphatic carbocycles. The molecule has 0 bridgehead atoms. The van der Waals surface area contributed by atoms with Gasteiger partial charge in [0.2, 0.25) is 5.95 Å². The molecule has 1 N–H and O–H groups in total. The second-order valence-corrected chi connectivity index (χ2v) is 7.77. The van der Waals surface area contributed by atoms with E-state index in [9.17, 15) is 4.79 Å². The summed E-state index contributed by atoms with van der Waals surface area (Å²) >= 11 is 0. The average molecular weight is 368 g/mol. The van der Waals surface area contributed by atoms with Gasteiger partial charge in [0.25, 0.3) is 5.56 Å². The van der Waals surface area contributed by atoms with Crippen molar-refractivity contribution >= 4 is 11.8 Å². The van der Waals surface area contributed by atoms with Crippen molar-refractivity contribution in [2.75, 3.05) is 42.6 Å². The van der Waals surface area contributed by atoms with Crippen molar-refractivity contribution in [1.82, 2.24) is 9.97 Å². The van der Waals surface area contributed by atoms with E-state index in [0.29, 0.717) is 37.0 Å². The molecule has 1 aromatic heterocycles. The van der Waals surface area contributed by atoms with E-state index < -0.39 is 0 Å². The Balaban J connectivity index is 1.63. The Morgan fingerprint density at radius 2 is 1.93 bits per heavy atom. The number of hydrogen-bond donors (Lipinski definition) is 1. The second kappa shape index (κ2) is 7.72. The minimum atomic E-state index is -0.0906. The summed E-state index contributed by atoms with van der Waals surface area (Å²) in [6, 6.07) is 12.5. The molecule has 4 rings (SSSR count). The summed E-state index contributed by atoms with van der Waals surface area (Å²) in [5.41, 5.74) is 1.23. The second-order valence-electron chi connectivity index (χ2n) is 7.77. The van der Waals surface area contributed by atoms with E-state index in [1.807, 2.05) is 6.07 Å². The van der Waals surface area contributed by atoms with E-state index in [4.69, 9.17) is 9.72 Å². The largest absolute Gasteiger partial charge is 0.378 e. The van der Waals surface area contributed by atoms with Crippen LogP contribution in [0.5, 0.6) is 0 Å². The summed E-state index contributed by atoms with van der Waals surface area (Å²) in [5, 5.41) is 0. The van der Waals surface area contributed by atoms with Crippen LogP contribution in [0.15, 0.2) is 41.2 Å². The van der Waals surface area contributed by atoms with Crippen molar-refractivity contribution < 1.29 is 4.74 Å². The lowest BCUT2D eigenvalue weighted by Gasteiger charge is -2.30. The van der Waals surface area contributed by atoms with Crippen LogP contribution in [0, 0.1) is 11.8 Å². The molecule has 144 valence electrons. The molecule has 2 fully saturated rings. The van der Waals surface area contributed by atoms with Crippen LogP contribution in [0.2, 0.25) is 0 Å². The number of aromatic nitrogens is 2. The smallest absolute Gasteiger partial charge is 0.254 e. The summed E-state index contributed by atoms with van der Waals surface area (Å²) < 4.78 is 5.43. The maximum atomic E-state index is 12.4. The Morgan fingerprint density at radius 1 is 1.19 bits per heavy atom. The van der Waals surface area contributed by atoms with Crippen LogP contribution in [0.4, 0.5) is 11.8 Å². The molecule has 2 aliphatic heterocycles. The van der Waals surface area contributed by atoms with Crippen molar-refractivity contribution in [3.63, 3.8) is 0 Å². The predicted molar refractivity (Wildman–Crippen MR) is 107 cm³/mol. The topological polar surface area (TPSA) is 61.5 Å². The molecule has 0 spiro atoms. The highest BCUT2D eigenvalue weighted by Gasteiger charge is 2.38. The summed E-state index contributed by atoms with van der Waals surface area (Å²) in [6.07, 6.45) is 0.956. The number of aromatic amines is 1. The number of benzene rings is 1. The minimum Gasteiger partial charge on any atom is -0.378 e. The number of rotatable bonds is 4. The van der Waals surface area contributed by atoms with Gasteiger partial charge in [-0.3, -0.25) is 9.78 Å². The zero-order valence-corrected chi connectivity index (χ0v) is 16.1. The third kappa shape index (κ3) is 3.86. The molecule has 2 saturated heterocycles. The number of anilines is 2. The number of hydrogen-bond acceptors (Lipinski definition) is 5. The molecular weight excluding hydrogens is 340 g/mol. The van der Waals surface area contributed by atoms with Crippen LogP contribution in [-0.2, 0) is 11.2 Å². The van der Waals surface area contributed by atoms with Crippen molar-refractivity contribution in [2.24, 2.45) is 11.8 Å². The third-order valence-electron chi connectivity index (χ3n) is 6.00. The fourth-order valence-electron chi connectivity index (χ4n) is 4.19. The number of nitrogens with one attached hydrogen (secondary N) is 1. The zero-order chi connectivity index (χ0) is 18.8. The Labute approximate surface area is 160 Å². The first-order chi connectivity index (χ1) is 13.1. The Kier molecular flexibility index (Phi) is 5.16. The first-order valence-corrected chi connectivity index (χ1v) is 9.86. The summed E-state index contributed by atoms with van der Waals surface area (Å²) in [6.45, 7) is 8.41. The van der Waals surface area contributed by atoms with Gasteiger partial charge < -0.3 is 14.5 Å². The molecular formula is C21H28N4O2. The van der Waals surface area contributed by atoms with Crippen LogP contribution in [0.25, 0.3) is 0 Å². The molecule has 0 saturated carbocycles. The fourth-order valence-corrected chi connectivity index (χ4v) is 4.19. The van der Waals surface area contributed by atoms with E-state index >= 15 is 0 Å². The molecule has 0 unspecified atom stereocenters. The maximum Gasteiger partial charge on any atom is 0.254 e. The summed E-state index contributed by atoms with van der Waals surface area (Å²) in [4.78, 5) is 24.6. The lowest BCUT2D eigenvalue weighted by Crippen LogP contribution is -2.39. The molecule has 3 atom stereocenters. The van der Waals surface area contributed by atoms with Crippen molar-refractivity contribution in [1.29, 1.82) is 0 Å². The number of morpholine rings is 1. The van der Waals surface area contributed by atoms with Gasteiger partial charge >= 0.3 is 0 Å². The highest BCUT2D eigenvalue weighted by atomic mass is 16.5. The molecule has 3 heterocycles. The molecule has 27 heavy (non-hydrogen) atoms. The van der Waals surface area contributed by atoms with Gasteiger partial charge in [-0.05, 0) is 23.8 Å². The number of H-pyrrole nitrogens is 1. The van der Waals surface area contributed by atoms with E-state index in [2.05, 4.69) is 52.9 Å². The zero-order valence-electron chi connectivity index (χ0n) is 16.1. The third-order valence-corrected chi connectivity index (χ3v) is 6.00. The predicted octanol–water partition coefficient (Wildman–Crippen LogP) is 2.31. The SMILES string of the molecule is C[C@H]1[C@@H](C)CN(c2nc(N3CCOCC3)cc(=O)[nH]2)[C@H]1Cc1ccccc1. The molecule has 2 aromatic rings. The summed E-state index contributed by atoms with van der Waals surface area (Å²) in [5.74, 6) is 2.53. The van der Waals surface area contributed by atoms with Gasteiger partial charge in [0.1, 0.15) is 5.82 Å². The molecule has 6 nitrogen and oxygen atoms in total. The van der Waals surface area contributed by atoms with Crippen LogP contribution in [-0.4, -0.2) is 48.9 Å². The Bertz CT molecular complexity index is 816. The quantitative estimate of drug-likeness (QED) is 0.897. The molecule has 6 heteroatoms. The molecule has 0 amide bonds. The minimum absolute atomic E-state index is 0.0906. The Morgan fingerprint density at radius 3 is 2.67 bits per heavy atom. The van der Waals surface area contributed by atoms with Crippen LogP contribution in [0.3, 0.4) is 0 Å². The molecule has 1 aromatic carbocycles. The van der Waals surface area contributed by atoms with E-state index in [-0.39, 0.29) is 5.56 Å². The van der Waals surface area contributed by atoms with Crippen molar-refractivity contribution in [3.05, 3.63) is 52.3 Å². The van der Waals surface area contributed by atoms with Gasteiger partial charge in [-0.25, -0.2) is 0 Å². The maximum absolute atomic E-state index is 12.4. The van der Waals surface area contributed by atoms with Crippen LogP contribution < -0.4 is 15.4 Å². The van der Waals surface area contributed by atoms with Crippen LogP contribution >= 0.6 is 0 Å². The lowest BCUT2D eigenvalue weighted by atomic mass is 9.90. The van der Waals surface area contributed by atoms with Crippen molar-refractivity contribution in [2.45, 2.75) is 26.3 Å². The fraction of sp³-hybridized carbons (Fsp3) is 0.524. The average Bonchev–Trinajstić information content (AvgIpc) is 2.97. The standard InChI is InChI=1S/C21H28N4O2/c1-15-14-25(18(16(15)2)12-17-6-4-3-5-7-17)21-22-19(13-20(26)23-21)24-8-10-27-11-9-24/h3-7,13,15-16,18H,8-12,14H2,1-2H3,(H,22,23,26)/t15-,16-,18-/m0/s1. The van der Waals surface area contributed by atoms with Gasteiger partial charge in [-0.2, -0.15) is 4.98 Å². The highest BCUT2D eigenvalue weighted by Crippen LogP contribution is 2.34. The van der Waals surface area contributed by atoms with Crippen LogP contribution in [0.1, 0.15) is 19.4 Å². The normalized spacial score (nSPS) is 25.8. The van der Waals surface area contributed by atoms with Gasteiger partial charge in [0.15, 0.2) is 0 Å². The van der Waals surface area contributed by atoms with Gasteiger partial charge in [-0.15, -0.1) is 0 Å². The first kappa shape index (κ1) is 18.0. The molecule has 0 radical (unpaired) electrons. The van der Waals surface area contributed by atoms with E-state index in [1.54, 1.807) is 6.07 Å². The number of ether oxygens (including phenoxy) is 1. The highest BCUT2D eigenvalue weighted by molar-refractivity contribution is 5.46. The summed E-state index contributed by atoms with van der Waals surface area (Å²) in [7, 11) is 0. The molecule has 2 aliphatic rings. The van der Waals surface area contributed by atoms with Gasteiger partial charge in [0.05, 0.1) is 13.2 Å². The van der Waals surface area contributed by atoms with Gasteiger partial charge in [-0.1, -0.05) is 44.2 Å². The Hall–Kier alpha value is -2.34. The lowest BCUT2D eigenvalue weighted by molar-refractivity contribution is 0.122.